The molecule has 0 radical (unpaired) electrons. The van der Waals surface area contributed by atoms with Gasteiger partial charge in [-0.15, -0.1) is 0 Å². The standard InChI is InChI=1S/C10H20OS/c1-4-6-7-8-9(3)11-10(12)5-2/h9H,4-8H2,1-3H3. The van der Waals surface area contributed by atoms with E-state index in [1.165, 1.54) is 19.3 Å². The second-order valence-electron chi connectivity index (χ2n) is 3.15. The average Bonchev–Trinajstić information content (AvgIpc) is 2.05. The van der Waals surface area contributed by atoms with Crippen LogP contribution in [-0.4, -0.2) is 11.2 Å². The monoisotopic (exact) mass is 188 g/mol. The highest BCUT2D eigenvalue weighted by molar-refractivity contribution is 7.80. The van der Waals surface area contributed by atoms with Gasteiger partial charge in [-0.1, -0.05) is 26.7 Å². The molecular formula is C10H20OS. The lowest BCUT2D eigenvalue weighted by molar-refractivity contribution is 0.194. The number of ether oxygens (including phenoxy) is 1. The van der Waals surface area contributed by atoms with Crippen molar-refractivity contribution in [1.82, 2.24) is 0 Å². The molecule has 1 atom stereocenters. The first kappa shape index (κ1) is 11.9. The third kappa shape index (κ3) is 6.59. The van der Waals surface area contributed by atoms with Crippen molar-refractivity contribution in [3.8, 4) is 0 Å². The van der Waals surface area contributed by atoms with Crippen LogP contribution in [0.2, 0.25) is 0 Å². The highest BCUT2D eigenvalue weighted by Gasteiger charge is 2.03. The summed E-state index contributed by atoms with van der Waals surface area (Å²) in [6, 6.07) is 0. The van der Waals surface area contributed by atoms with Gasteiger partial charge in [-0.3, -0.25) is 0 Å². The van der Waals surface area contributed by atoms with Crippen molar-refractivity contribution in [3.05, 3.63) is 0 Å². The van der Waals surface area contributed by atoms with Gasteiger partial charge < -0.3 is 4.74 Å². The Bertz CT molecular complexity index is 123. The molecule has 0 saturated carbocycles. The van der Waals surface area contributed by atoms with Gasteiger partial charge in [0.05, 0.1) is 6.10 Å². The van der Waals surface area contributed by atoms with Crippen molar-refractivity contribution >= 4 is 17.3 Å². The minimum atomic E-state index is 0.309. The van der Waals surface area contributed by atoms with Gasteiger partial charge in [-0.25, -0.2) is 0 Å². The number of hydrogen-bond acceptors (Lipinski definition) is 2. The summed E-state index contributed by atoms with van der Waals surface area (Å²) in [5.74, 6) is 0. The molecule has 2 heteroatoms. The molecule has 0 amide bonds. The zero-order chi connectivity index (χ0) is 9.40. The van der Waals surface area contributed by atoms with Crippen LogP contribution < -0.4 is 0 Å². The Balaban J connectivity index is 3.32. The van der Waals surface area contributed by atoms with Crippen LogP contribution in [0.25, 0.3) is 0 Å². The Morgan fingerprint density at radius 3 is 2.50 bits per heavy atom. The van der Waals surface area contributed by atoms with E-state index in [2.05, 4.69) is 13.8 Å². The molecule has 12 heavy (non-hydrogen) atoms. The van der Waals surface area contributed by atoms with Crippen LogP contribution >= 0.6 is 12.2 Å². The van der Waals surface area contributed by atoms with E-state index in [1.807, 2.05) is 6.92 Å². The summed E-state index contributed by atoms with van der Waals surface area (Å²) in [5.41, 5.74) is 0. The molecular weight excluding hydrogens is 168 g/mol. The first-order valence-corrected chi connectivity index (χ1v) is 5.31. The van der Waals surface area contributed by atoms with Crippen LogP contribution in [0.4, 0.5) is 0 Å². The predicted octanol–water partition coefficient (Wildman–Crippen LogP) is 3.71. The molecule has 1 nitrogen and oxygen atoms in total. The van der Waals surface area contributed by atoms with E-state index in [9.17, 15) is 0 Å². The number of rotatable bonds is 6. The summed E-state index contributed by atoms with van der Waals surface area (Å²) in [5, 5.41) is 0.749. The third-order valence-corrected chi connectivity index (χ3v) is 2.22. The Morgan fingerprint density at radius 1 is 1.33 bits per heavy atom. The normalized spacial score (nSPS) is 12.6. The van der Waals surface area contributed by atoms with Gasteiger partial charge in [0.15, 0.2) is 5.05 Å². The van der Waals surface area contributed by atoms with Crippen LogP contribution in [0.1, 0.15) is 52.9 Å². The maximum Gasteiger partial charge on any atom is 0.159 e. The molecule has 0 N–H and O–H groups in total. The lowest BCUT2D eigenvalue weighted by atomic mass is 10.1. The lowest BCUT2D eigenvalue weighted by Gasteiger charge is -2.13. The predicted molar refractivity (Wildman–Crippen MR) is 57.6 cm³/mol. The quantitative estimate of drug-likeness (QED) is 0.464. The van der Waals surface area contributed by atoms with E-state index >= 15 is 0 Å². The Morgan fingerprint density at radius 2 is 2.00 bits per heavy atom. The van der Waals surface area contributed by atoms with Crippen molar-refractivity contribution in [2.24, 2.45) is 0 Å². The maximum atomic E-state index is 5.48. The molecule has 72 valence electrons. The van der Waals surface area contributed by atoms with Gasteiger partial charge >= 0.3 is 0 Å². The van der Waals surface area contributed by atoms with Crippen LogP contribution in [0.5, 0.6) is 0 Å². The second kappa shape index (κ2) is 7.53. The summed E-state index contributed by atoms with van der Waals surface area (Å²) in [7, 11) is 0. The minimum absolute atomic E-state index is 0.309. The first-order chi connectivity index (χ1) is 5.70. The zero-order valence-corrected chi connectivity index (χ0v) is 9.25. The number of thiocarbonyl (C=S) groups is 1. The van der Waals surface area contributed by atoms with E-state index < -0.39 is 0 Å². The van der Waals surface area contributed by atoms with Gasteiger partial charge in [-0.05, 0) is 32.0 Å². The van der Waals surface area contributed by atoms with Crippen LogP contribution in [0, 0.1) is 0 Å². The van der Waals surface area contributed by atoms with Crippen molar-refractivity contribution in [2.75, 3.05) is 0 Å². The molecule has 0 aliphatic carbocycles. The molecule has 0 fully saturated rings. The van der Waals surface area contributed by atoms with Gasteiger partial charge in [0.2, 0.25) is 0 Å². The molecule has 1 unspecified atom stereocenters. The topological polar surface area (TPSA) is 9.23 Å². The molecule has 0 aromatic carbocycles. The Kier molecular flexibility index (Phi) is 7.47. The highest BCUT2D eigenvalue weighted by atomic mass is 32.1. The lowest BCUT2D eigenvalue weighted by Crippen LogP contribution is -2.12. The van der Waals surface area contributed by atoms with Gasteiger partial charge in [-0.2, -0.15) is 0 Å². The summed E-state index contributed by atoms with van der Waals surface area (Å²) >= 11 is 4.99. The first-order valence-electron chi connectivity index (χ1n) is 4.90. The average molecular weight is 188 g/mol. The van der Waals surface area contributed by atoms with Crippen molar-refractivity contribution in [2.45, 2.75) is 59.0 Å². The summed E-state index contributed by atoms with van der Waals surface area (Å²) < 4.78 is 5.48. The maximum absolute atomic E-state index is 5.48. The molecule has 0 saturated heterocycles. The van der Waals surface area contributed by atoms with Crippen molar-refractivity contribution in [3.63, 3.8) is 0 Å². The molecule has 0 aromatic rings. The summed E-state index contributed by atoms with van der Waals surface area (Å²) in [4.78, 5) is 0. The molecule has 0 aromatic heterocycles. The number of unbranched alkanes of at least 4 members (excludes halogenated alkanes) is 2. The minimum Gasteiger partial charge on any atom is -0.484 e. The fourth-order valence-corrected chi connectivity index (χ4v) is 1.21. The van der Waals surface area contributed by atoms with Gasteiger partial charge in [0, 0.05) is 6.42 Å². The fraction of sp³-hybridized carbons (Fsp3) is 0.900. The van der Waals surface area contributed by atoms with Gasteiger partial charge in [0.25, 0.3) is 0 Å². The Labute approximate surface area is 81.5 Å². The van der Waals surface area contributed by atoms with Crippen molar-refractivity contribution in [1.29, 1.82) is 0 Å². The molecule has 0 aliphatic rings. The van der Waals surface area contributed by atoms with Crippen LogP contribution in [0.3, 0.4) is 0 Å². The van der Waals surface area contributed by atoms with E-state index in [-0.39, 0.29) is 0 Å². The molecule has 0 aliphatic heterocycles. The summed E-state index contributed by atoms with van der Waals surface area (Å²) in [6.45, 7) is 6.33. The SMILES string of the molecule is CCCCCC(C)OC(=S)CC. The Hall–Kier alpha value is -0.110. The largest absolute Gasteiger partial charge is 0.484 e. The van der Waals surface area contributed by atoms with E-state index in [0.717, 1.165) is 17.9 Å². The molecule has 0 heterocycles. The fourth-order valence-electron chi connectivity index (χ4n) is 1.05. The van der Waals surface area contributed by atoms with Crippen LogP contribution in [-0.2, 0) is 4.74 Å². The number of hydrogen-bond donors (Lipinski definition) is 0. The third-order valence-electron chi connectivity index (χ3n) is 1.84. The van der Waals surface area contributed by atoms with Crippen LogP contribution in [0.15, 0.2) is 0 Å². The van der Waals surface area contributed by atoms with E-state index in [1.54, 1.807) is 0 Å². The molecule has 0 rings (SSSR count). The summed E-state index contributed by atoms with van der Waals surface area (Å²) in [6.07, 6.45) is 6.12. The van der Waals surface area contributed by atoms with E-state index in [0.29, 0.717) is 6.10 Å². The smallest absolute Gasteiger partial charge is 0.159 e. The second-order valence-corrected chi connectivity index (χ2v) is 3.61. The molecule has 0 bridgehead atoms. The van der Waals surface area contributed by atoms with Crippen molar-refractivity contribution < 1.29 is 4.74 Å². The highest BCUT2D eigenvalue weighted by Crippen LogP contribution is 2.07. The molecule has 0 spiro atoms. The van der Waals surface area contributed by atoms with Gasteiger partial charge in [0.1, 0.15) is 0 Å². The van der Waals surface area contributed by atoms with E-state index in [4.69, 9.17) is 17.0 Å². The zero-order valence-electron chi connectivity index (χ0n) is 8.43.